The summed E-state index contributed by atoms with van der Waals surface area (Å²) in [6, 6.07) is 12.4. The van der Waals surface area contributed by atoms with E-state index in [1.807, 2.05) is 37.3 Å². The second kappa shape index (κ2) is 9.69. The summed E-state index contributed by atoms with van der Waals surface area (Å²) < 4.78 is 18.5. The average Bonchev–Trinajstić information content (AvgIpc) is 3.13. The van der Waals surface area contributed by atoms with Crippen molar-refractivity contribution >= 4 is 23.4 Å². The molecule has 3 aromatic rings. The van der Waals surface area contributed by atoms with Crippen LogP contribution in [0.5, 0.6) is 11.5 Å². The van der Waals surface area contributed by atoms with Gasteiger partial charge in [-0.1, -0.05) is 41.2 Å². The maximum Gasteiger partial charge on any atom is 0.338 e. The van der Waals surface area contributed by atoms with Crippen molar-refractivity contribution in [1.29, 1.82) is 0 Å². The van der Waals surface area contributed by atoms with Gasteiger partial charge in [0.15, 0.2) is 4.80 Å². The largest absolute Gasteiger partial charge is 0.497 e. The molecular weight excluding hydrogens is 452 g/mol. The van der Waals surface area contributed by atoms with Crippen LogP contribution in [-0.4, -0.2) is 31.4 Å². The number of hydrogen-bond acceptors (Lipinski definition) is 7. The molecule has 1 aliphatic heterocycles. The maximum absolute atomic E-state index is 13.7. The second-order valence-corrected chi connectivity index (χ2v) is 8.83. The lowest BCUT2D eigenvalue weighted by molar-refractivity contribution is -0.139. The first-order valence-electron chi connectivity index (χ1n) is 10.9. The van der Waals surface area contributed by atoms with E-state index in [1.165, 1.54) is 11.3 Å². The van der Waals surface area contributed by atoms with Gasteiger partial charge in [-0.05, 0) is 50.6 Å². The highest BCUT2D eigenvalue weighted by molar-refractivity contribution is 7.07. The number of benzene rings is 2. The van der Waals surface area contributed by atoms with Crippen LogP contribution in [0.3, 0.4) is 0 Å². The van der Waals surface area contributed by atoms with E-state index in [0.717, 1.165) is 11.1 Å². The number of fused-ring (bicyclic) bond motifs is 1. The zero-order valence-corrected chi connectivity index (χ0v) is 20.6. The van der Waals surface area contributed by atoms with Crippen molar-refractivity contribution < 1.29 is 19.0 Å². The Morgan fingerprint density at radius 3 is 2.50 bits per heavy atom. The monoisotopic (exact) mass is 478 g/mol. The highest BCUT2D eigenvalue weighted by Gasteiger charge is 2.35. The molecule has 1 aromatic heterocycles. The number of rotatable bonds is 6. The topological polar surface area (TPSA) is 79.1 Å². The molecule has 1 atom stereocenters. The number of aromatic nitrogens is 1. The summed E-state index contributed by atoms with van der Waals surface area (Å²) in [6.07, 6.45) is 1.84. The van der Waals surface area contributed by atoms with Crippen LogP contribution in [0, 0.1) is 6.92 Å². The fraction of sp³-hybridized carbons (Fsp3) is 0.269. The molecule has 34 heavy (non-hydrogen) atoms. The fourth-order valence-corrected chi connectivity index (χ4v) is 5.00. The van der Waals surface area contributed by atoms with Crippen molar-refractivity contribution in [2.75, 3.05) is 20.8 Å². The summed E-state index contributed by atoms with van der Waals surface area (Å²) in [4.78, 5) is 31.9. The van der Waals surface area contributed by atoms with Gasteiger partial charge < -0.3 is 14.2 Å². The third-order valence-electron chi connectivity index (χ3n) is 5.62. The average molecular weight is 479 g/mol. The van der Waals surface area contributed by atoms with E-state index in [4.69, 9.17) is 14.2 Å². The Balaban J connectivity index is 2.01. The van der Waals surface area contributed by atoms with Crippen LogP contribution in [0.2, 0.25) is 0 Å². The first kappa shape index (κ1) is 23.5. The molecule has 0 radical (unpaired) electrons. The van der Waals surface area contributed by atoms with Crippen LogP contribution >= 0.6 is 11.3 Å². The van der Waals surface area contributed by atoms with E-state index in [-0.39, 0.29) is 12.2 Å². The van der Waals surface area contributed by atoms with Crippen LogP contribution in [0.25, 0.3) is 6.08 Å². The molecule has 0 unspecified atom stereocenters. The van der Waals surface area contributed by atoms with Gasteiger partial charge in [-0.2, -0.15) is 0 Å². The number of esters is 1. The Labute approximate surface area is 201 Å². The summed E-state index contributed by atoms with van der Waals surface area (Å²) in [5, 5.41) is 0. The summed E-state index contributed by atoms with van der Waals surface area (Å²) >= 11 is 1.28. The number of ether oxygens (including phenoxy) is 3. The zero-order chi connectivity index (χ0) is 24.4. The molecule has 0 N–H and O–H groups in total. The summed E-state index contributed by atoms with van der Waals surface area (Å²) in [5.41, 5.74) is 3.21. The number of hydrogen-bond donors (Lipinski definition) is 0. The Morgan fingerprint density at radius 2 is 1.85 bits per heavy atom. The molecule has 0 aliphatic carbocycles. The summed E-state index contributed by atoms with van der Waals surface area (Å²) in [7, 11) is 3.11. The van der Waals surface area contributed by atoms with Crippen LogP contribution in [0.15, 0.2) is 63.5 Å². The lowest BCUT2D eigenvalue weighted by Gasteiger charge is -2.26. The number of nitrogens with zero attached hydrogens (tertiary/aromatic N) is 2. The lowest BCUT2D eigenvalue weighted by atomic mass is 9.94. The number of aryl methyl sites for hydroxylation is 1. The van der Waals surface area contributed by atoms with E-state index in [9.17, 15) is 9.59 Å². The van der Waals surface area contributed by atoms with Gasteiger partial charge in [0.1, 0.15) is 17.5 Å². The normalized spacial score (nSPS) is 15.6. The molecule has 0 saturated carbocycles. The van der Waals surface area contributed by atoms with Crippen LogP contribution < -0.4 is 24.4 Å². The highest BCUT2D eigenvalue weighted by Crippen LogP contribution is 2.37. The molecule has 0 fully saturated rings. The molecule has 0 saturated heterocycles. The van der Waals surface area contributed by atoms with Crippen LogP contribution in [0.1, 0.15) is 36.6 Å². The SMILES string of the molecule is CCOC(=O)C1=C(C)N=c2s/c(=C/c3ccc(C)cc3)c(=O)n2[C@H]1c1cc(OC)ccc1OC. The highest BCUT2D eigenvalue weighted by atomic mass is 32.1. The molecule has 176 valence electrons. The first-order valence-corrected chi connectivity index (χ1v) is 11.7. The molecule has 0 bridgehead atoms. The fourth-order valence-electron chi connectivity index (χ4n) is 3.95. The minimum Gasteiger partial charge on any atom is -0.497 e. The summed E-state index contributed by atoms with van der Waals surface area (Å²) in [5.74, 6) is 0.581. The third kappa shape index (κ3) is 4.28. The predicted octanol–water partition coefficient (Wildman–Crippen LogP) is 3.12. The number of allylic oxidation sites excluding steroid dienone is 1. The number of methoxy groups -OCH3 is 2. The van der Waals surface area contributed by atoms with Crippen molar-refractivity contribution in [2.45, 2.75) is 26.8 Å². The molecule has 8 heteroatoms. The van der Waals surface area contributed by atoms with Crippen molar-refractivity contribution in [1.82, 2.24) is 4.57 Å². The maximum atomic E-state index is 13.7. The van der Waals surface area contributed by atoms with Crippen LogP contribution in [0.4, 0.5) is 0 Å². The third-order valence-corrected chi connectivity index (χ3v) is 6.61. The Kier molecular flexibility index (Phi) is 6.70. The number of carbonyl (C=O) groups is 1. The van der Waals surface area contributed by atoms with Gasteiger partial charge in [0.2, 0.25) is 0 Å². The molecule has 0 amide bonds. The molecular formula is C26H26N2O5S. The second-order valence-electron chi connectivity index (χ2n) is 7.82. The Bertz CT molecular complexity index is 1450. The van der Waals surface area contributed by atoms with E-state index >= 15 is 0 Å². The van der Waals surface area contributed by atoms with Gasteiger partial charge in [0.25, 0.3) is 5.56 Å². The molecule has 1 aliphatic rings. The molecule has 7 nitrogen and oxygen atoms in total. The molecule has 2 aromatic carbocycles. The number of thiazole rings is 1. The van der Waals surface area contributed by atoms with E-state index in [2.05, 4.69) is 4.99 Å². The van der Waals surface area contributed by atoms with Gasteiger partial charge in [-0.15, -0.1) is 0 Å². The minimum absolute atomic E-state index is 0.204. The van der Waals surface area contributed by atoms with Crippen molar-refractivity contribution in [3.05, 3.63) is 90.1 Å². The van der Waals surface area contributed by atoms with Crippen molar-refractivity contribution in [3.8, 4) is 11.5 Å². The predicted molar refractivity (Wildman–Crippen MR) is 131 cm³/mol. The van der Waals surface area contributed by atoms with Gasteiger partial charge in [-0.3, -0.25) is 9.36 Å². The van der Waals surface area contributed by atoms with Gasteiger partial charge >= 0.3 is 5.97 Å². The zero-order valence-electron chi connectivity index (χ0n) is 19.7. The molecule has 0 spiro atoms. The van der Waals surface area contributed by atoms with Gasteiger partial charge in [0, 0.05) is 5.56 Å². The van der Waals surface area contributed by atoms with E-state index in [1.54, 1.807) is 50.8 Å². The Morgan fingerprint density at radius 1 is 1.12 bits per heavy atom. The lowest BCUT2D eigenvalue weighted by Crippen LogP contribution is -2.40. The Hall–Kier alpha value is -3.65. The summed E-state index contributed by atoms with van der Waals surface area (Å²) in [6.45, 7) is 5.71. The first-order chi connectivity index (χ1) is 16.4. The van der Waals surface area contributed by atoms with Gasteiger partial charge in [0.05, 0.1) is 36.6 Å². The van der Waals surface area contributed by atoms with Gasteiger partial charge in [-0.25, -0.2) is 9.79 Å². The standard InChI is InChI=1S/C26H26N2O5S/c1-6-33-25(30)22-16(3)27-26-28(23(22)19-14-18(31-4)11-12-20(19)32-5)24(29)21(34-26)13-17-9-7-15(2)8-10-17/h7-14,23H,6H2,1-5H3/b21-13+/t23-/m0/s1. The minimum atomic E-state index is -0.777. The molecule has 4 rings (SSSR count). The van der Waals surface area contributed by atoms with E-state index < -0.39 is 12.0 Å². The van der Waals surface area contributed by atoms with Crippen molar-refractivity contribution in [3.63, 3.8) is 0 Å². The molecule has 2 heterocycles. The quantitative estimate of drug-likeness (QED) is 0.509. The number of carbonyl (C=O) groups excluding carboxylic acids is 1. The smallest absolute Gasteiger partial charge is 0.338 e. The van der Waals surface area contributed by atoms with E-state index in [0.29, 0.717) is 37.7 Å². The van der Waals surface area contributed by atoms with Crippen molar-refractivity contribution in [2.24, 2.45) is 4.99 Å². The van der Waals surface area contributed by atoms with Crippen LogP contribution in [-0.2, 0) is 9.53 Å².